The molecule has 0 aromatic heterocycles. The van der Waals surface area contributed by atoms with Crippen molar-refractivity contribution in [3.63, 3.8) is 0 Å². The molecule has 0 amide bonds. The Labute approximate surface area is 278 Å². The third kappa shape index (κ3) is 8.23. The number of benzene rings is 4. The number of hydrogen-bond donors (Lipinski definition) is 0. The summed E-state index contributed by atoms with van der Waals surface area (Å²) in [7, 11) is -8.24. The van der Waals surface area contributed by atoms with Crippen molar-refractivity contribution in [2.45, 2.75) is 78.1 Å². The number of alkyl halides is 3. The quantitative estimate of drug-likeness (QED) is 0.116. The third-order valence-corrected chi connectivity index (χ3v) is 12.7. The van der Waals surface area contributed by atoms with Crippen LogP contribution in [0.4, 0.5) is 13.2 Å². The highest BCUT2D eigenvalue weighted by Crippen LogP contribution is 2.70. The van der Waals surface area contributed by atoms with Crippen molar-refractivity contribution in [1.82, 2.24) is 0 Å². The van der Waals surface area contributed by atoms with Crippen LogP contribution in [0.1, 0.15) is 58.2 Å². The van der Waals surface area contributed by atoms with Crippen LogP contribution in [0, 0.1) is 0 Å². The lowest BCUT2D eigenvalue weighted by Crippen LogP contribution is -2.19. The Morgan fingerprint density at radius 3 is 1.53 bits per heavy atom. The zero-order chi connectivity index (χ0) is 34.7. The minimum atomic E-state index is -5.02. The van der Waals surface area contributed by atoms with Gasteiger partial charge in [-0.3, -0.25) is 0 Å². The van der Waals surface area contributed by atoms with Gasteiger partial charge in [0, 0.05) is 14.7 Å². The van der Waals surface area contributed by atoms with Crippen LogP contribution in [-0.4, -0.2) is 21.6 Å². The van der Waals surface area contributed by atoms with Gasteiger partial charge in [-0.15, -0.1) is 0 Å². The summed E-state index contributed by atoms with van der Waals surface area (Å²) in [6.45, 7) is 16.4. The maximum absolute atomic E-state index is 14.2. The molecule has 0 spiro atoms. The smallest absolute Gasteiger partial charge is 0.417 e. The van der Waals surface area contributed by atoms with E-state index in [-0.39, 0.29) is 24.0 Å². The molecule has 0 aliphatic rings. The van der Waals surface area contributed by atoms with Crippen molar-refractivity contribution < 1.29 is 34.7 Å². The molecule has 0 saturated heterocycles. The van der Waals surface area contributed by atoms with E-state index < -0.39 is 37.1 Å². The van der Waals surface area contributed by atoms with E-state index in [9.17, 15) is 21.6 Å². The number of halogens is 3. The maximum atomic E-state index is 14.2. The second kappa shape index (κ2) is 13.8. The highest BCUT2D eigenvalue weighted by atomic mass is 32.3. The van der Waals surface area contributed by atoms with Gasteiger partial charge in [-0.05, 0) is 92.9 Å². The van der Waals surface area contributed by atoms with Gasteiger partial charge in [-0.1, -0.05) is 84.5 Å². The van der Waals surface area contributed by atoms with Gasteiger partial charge in [0.25, 0.3) is 0 Å². The molecule has 0 heterocycles. The second-order valence-electron chi connectivity index (χ2n) is 13.0. The molecule has 0 saturated carbocycles. The van der Waals surface area contributed by atoms with Crippen molar-refractivity contribution in [3.05, 3.63) is 127 Å². The molecule has 4 aromatic rings. The molecule has 47 heavy (non-hydrogen) atoms. The van der Waals surface area contributed by atoms with Gasteiger partial charge in [0.2, 0.25) is 0 Å². The van der Waals surface area contributed by atoms with Crippen LogP contribution in [0.15, 0.2) is 129 Å². The molecule has 4 rings (SSSR count). The van der Waals surface area contributed by atoms with Crippen LogP contribution >= 0.6 is 10.3 Å². The fourth-order valence-electron chi connectivity index (χ4n) is 4.93. The lowest BCUT2D eigenvalue weighted by molar-refractivity contribution is -0.139. The first-order valence-corrected chi connectivity index (χ1v) is 18.0. The predicted octanol–water partition coefficient (Wildman–Crippen LogP) is 10.4. The summed E-state index contributed by atoms with van der Waals surface area (Å²) in [5.41, 5.74) is 0.266. The van der Waals surface area contributed by atoms with E-state index in [0.717, 1.165) is 29.3 Å². The molecule has 0 bridgehead atoms. The Balaban J connectivity index is 2.01. The van der Waals surface area contributed by atoms with E-state index in [4.69, 9.17) is 13.1 Å². The standard InChI is InChI=1S/C37H41F3O5S2/c1-8-43-25-26-44-29-17-23-32(24-18-29)46(30-19-13-27(14-20-30)35(2,3)4,31-21-15-28(16-22-31)36(5,6)7)45-47(41,42)34-12-10-9-11-33(34)37(38,39)40/h8-24H,1,25-26H2,2-7H3. The van der Waals surface area contributed by atoms with Gasteiger partial charge in [0.05, 0.1) is 11.8 Å². The van der Waals surface area contributed by atoms with E-state index in [1.807, 2.05) is 24.3 Å². The molecule has 10 heteroatoms. The van der Waals surface area contributed by atoms with E-state index in [2.05, 4.69) is 48.1 Å². The number of ether oxygens (including phenoxy) is 2. The average molecular weight is 687 g/mol. The van der Waals surface area contributed by atoms with Gasteiger partial charge < -0.3 is 9.47 Å². The molecule has 252 valence electrons. The summed E-state index contributed by atoms with van der Waals surface area (Å²) in [6, 6.07) is 25.6. The molecular weight excluding hydrogens is 646 g/mol. The second-order valence-corrected chi connectivity index (χ2v) is 17.4. The van der Waals surface area contributed by atoms with Gasteiger partial charge in [0.1, 0.15) is 23.9 Å². The summed E-state index contributed by atoms with van der Waals surface area (Å²) in [4.78, 5) is 0.488. The van der Waals surface area contributed by atoms with Gasteiger partial charge in [-0.25, -0.2) is 3.63 Å². The summed E-state index contributed by atoms with van der Waals surface area (Å²) in [6.07, 6.45) is -3.61. The van der Waals surface area contributed by atoms with Crippen molar-refractivity contribution in [2.24, 2.45) is 0 Å². The van der Waals surface area contributed by atoms with Crippen LogP contribution in [-0.2, 0) is 35.5 Å². The predicted molar refractivity (Wildman–Crippen MR) is 180 cm³/mol. The summed E-state index contributed by atoms with van der Waals surface area (Å²) >= 11 is 0. The maximum Gasteiger partial charge on any atom is 0.417 e. The average Bonchev–Trinajstić information content (AvgIpc) is 3.01. The highest BCUT2D eigenvalue weighted by molar-refractivity contribution is 8.33. The van der Waals surface area contributed by atoms with Gasteiger partial charge >= 0.3 is 16.3 Å². The number of hydrogen-bond acceptors (Lipinski definition) is 5. The van der Waals surface area contributed by atoms with Crippen LogP contribution in [0.3, 0.4) is 0 Å². The Morgan fingerprint density at radius 1 is 0.660 bits per heavy atom. The first-order chi connectivity index (χ1) is 21.9. The first-order valence-electron chi connectivity index (χ1n) is 15.0. The molecular formula is C37H41F3O5S2. The molecule has 0 N–H and O–H groups in total. The molecule has 5 nitrogen and oxygen atoms in total. The Kier molecular flexibility index (Phi) is 10.6. The molecule has 0 atom stereocenters. The first kappa shape index (κ1) is 36.1. The Morgan fingerprint density at radius 2 is 1.11 bits per heavy atom. The molecule has 0 aliphatic carbocycles. The number of rotatable bonds is 11. The molecule has 0 unspecified atom stereocenters. The topological polar surface area (TPSA) is 61.8 Å². The lowest BCUT2D eigenvalue weighted by atomic mass is 9.87. The van der Waals surface area contributed by atoms with Crippen LogP contribution in [0.2, 0.25) is 0 Å². The van der Waals surface area contributed by atoms with E-state index in [1.165, 1.54) is 12.3 Å². The van der Waals surface area contributed by atoms with Crippen molar-refractivity contribution in [2.75, 3.05) is 13.2 Å². The monoisotopic (exact) mass is 686 g/mol. The lowest BCUT2D eigenvalue weighted by Gasteiger charge is -2.40. The van der Waals surface area contributed by atoms with Crippen LogP contribution in [0.5, 0.6) is 5.75 Å². The van der Waals surface area contributed by atoms with Gasteiger partial charge in [0.15, 0.2) is 0 Å². The molecule has 0 radical (unpaired) electrons. The molecule has 4 aromatic carbocycles. The largest absolute Gasteiger partial charge is 0.498 e. The minimum absolute atomic E-state index is 0.211. The van der Waals surface area contributed by atoms with Crippen molar-refractivity contribution in [3.8, 4) is 5.75 Å². The fourth-order valence-corrected chi connectivity index (χ4v) is 10.3. The zero-order valence-corrected chi connectivity index (χ0v) is 29.1. The van der Waals surface area contributed by atoms with Crippen LogP contribution in [0.25, 0.3) is 0 Å². The van der Waals surface area contributed by atoms with Crippen molar-refractivity contribution >= 4 is 20.4 Å². The summed E-state index contributed by atoms with van der Waals surface area (Å²) in [5.74, 6) is 0.492. The Bertz CT molecular complexity index is 1710. The summed E-state index contributed by atoms with van der Waals surface area (Å²) < 4.78 is 88.0. The zero-order valence-electron chi connectivity index (χ0n) is 27.4. The highest BCUT2D eigenvalue weighted by Gasteiger charge is 2.43. The summed E-state index contributed by atoms with van der Waals surface area (Å²) in [5, 5.41) is 0. The van der Waals surface area contributed by atoms with E-state index in [1.54, 1.807) is 48.5 Å². The third-order valence-electron chi connectivity index (χ3n) is 7.50. The molecule has 0 aliphatic heterocycles. The van der Waals surface area contributed by atoms with Crippen LogP contribution < -0.4 is 4.74 Å². The van der Waals surface area contributed by atoms with E-state index in [0.29, 0.717) is 20.4 Å². The van der Waals surface area contributed by atoms with Crippen molar-refractivity contribution in [1.29, 1.82) is 0 Å². The molecule has 0 fully saturated rings. The minimum Gasteiger partial charge on any atom is -0.498 e. The Hall–Kier alpha value is -3.73. The SMILES string of the molecule is C=COCCOc1ccc(S(OS(=O)(=O)c2ccccc2C(F)(F)F)(c2ccc(C(C)(C)C)cc2)c2ccc(C(C)(C)C)cc2)cc1. The normalized spacial score (nSPS) is 13.2. The van der Waals surface area contributed by atoms with E-state index >= 15 is 0 Å². The fraction of sp³-hybridized carbons (Fsp3) is 0.297. The van der Waals surface area contributed by atoms with Gasteiger partial charge in [-0.2, -0.15) is 21.6 Å².